The Kier molecular flexibility index (Phi) is 6.28. The second-order valence-corrected chi connectivity index (χ2v) is 6.32. The van der Waals surface area contributed by atoms with Crippen molar-refractivity contribution in [1.29, 1.82) is 0 Å². The highest BCUT2D eigenvalue weighted by molar-refractivity contribution is 5.81. The summed E-state index contributed by atoms with van der Waals surface area (Å²) in [6, 6.07) is 5.63. The normalized spacial score (nSPS) is 17.0. The van der Waals surface area contributed by atoms with Gasteiger partial charge in [-0.15, -0.1) is 0 Å². The number of nitrogens with two attached hydrogens (primary N) is 1. The van der Waals surface area contributed by atoms with Crippen molar-refractivity contribution in [2.75, 3.05) is 27.3 Å². The van der Waals surface area contributed by atoms with E-state index in [1.165, 1.54) is 5.56 Å². The first-order valence-electron chi connectivity index (χ1n) is 8.29. The van der Waals surface area contributed by atoms with Crippen molar-refractivity contribution in [2.24, 2.45) is 11.7 Å². The summed E-state index contributed by atoms with van der Waals surface area (Å²) in [7, 11) is 3.34. The number of methoxy groups -OCH3 is 2. The molecule has 0 aliphatic carbocycles. The number of rotatable bonds is 6. The molecule has 1 aromatic carbocycles. The fraction of sp³-hybridized carbons (Fsp3) is 0.611. The summed E-state index contributed by atoms with van der Waals surface area (Å²) in [5, 5.41) is 0. The van der Waals surface area contributed by atoms with Crippen molar-refractivity contribution in [3.05, 3.63) is 23.8 Å². The molecule has 1 saturated heterocycles. The molecule has 0 radical (unpaired) electrons. The molecule has 1 aromatic rings. The fourth-order valence-electron chi connectivity index (χ4n) is 3.11. The quantitative estimate of drug-likeness (QED) is 0.873. The van der Waals surface area contributed by atoms with Crippen LogP contribution in [0, 0.1) is 5.92 Å². The maximum Gasteiger partial charge on any atom is 0.239 e. The van der Waals surface area contributed by atoms with Gasteiger partial charge in [0.1, 0.15) is 11.5 Å². The van der Waals surface area contributed by atoms with Crippen molar-refractivity contribution in [1.82, 2.24) is 4.90 Å². The van der Waals surface area contributed by atoms with Gasteiger partial charge >= 0.3 is 0 Å². The molecule has 1 amide bonds. The van der Waals surface area contributed by atoms with E-state index in [0.29, 0.717) is 5.92 Å². The van der Waals surface area contributed by atoms with Crippen molar-refractivity contribution in [3.8, 4) is 11.5 Å². The highest BCUT2D eigenvalue weighted by Crippen LogP contribution is 2.27. The van der Waals surface area contributed by atoms with Crippen LogP contribution in [0.5, 0.6) is 11.5 Å². The fourth-order valence-corrected chi connectivity index (χ4v) is 3.11. The first kappa shape index (κ1) is 17.6. The molecule has 2 rings (SSSR count). The van der Waals surface area contributed by atoms with Crippen LogP contribution in [0.25, 0.3) is 0 Å². The smallest absolute Gasteiger partial charge is 0.239 e. The lowest BCUT2D eigenvalue weighted by Crippen LogP contribution is -2.45. The Morgan fingerprint density at radius 1 is 1.22 bits per heavy atom. The minimum absolute atomic E-state index is 0.0704. The number of benzene rings is 1. The van der Waals surface area contributed by atoms with Crippen LogP contribution in [0.4, 0.5) is 0 Å². The molecule has 0 aromatic heterocycles. The van der Waals surface area contributed by atoms with E-state index >= 15 is 0 Å². The van der Waals surface area contributed by atoms with Crippen molar-refractivity contribution >= 4 is 5.91 Å². The second kappa shape index (κ2) is 8.20. The van der Waals surface area contributed by atoms with Crippen LogP contribution in [0.15, 0.2) is 18.2 Å². The zero-order valence-corrected chi connectivity index (χ0v) is 14.4. The average Bonchev–Trinajstić information content (AvgIpc) is 2.59. The van der Waals surface area contributed by atoms with Crippen LogP contribution in [-0.2, 0) is 11.2 Å². The third kappa shape index (κ3) is 4.86. The Bertz CT molecular complexity index is 501. The summed E-state index contributed by atoms with van der Waals surface area (Å²) < 4.78 is 10.6. The Balaban J connectivity index is 1.85. The first-order chi connectivity index (χ1) is 11.0. The molecular formula is C18H28N2O3. The van der Waals surface area contributed by atoms with E-state index in [1.54, 1.807) is 21.1 Å². The molecule has 0 bridgehead atoms. The Morgan fingerprint density at radius 2 is 1.78 bits per heavy atom. The number of carbonyl (C=O) groups is 1. The molecule has 0 spiro atoms. The van der Waals surface area contributed by atoms with Crippen LogP contribution in [0.1, 0.15) is 31.7 Å². The van der Waals surface area contributed by atoms with Gasteiger partial charge in [0.25, 0.3) is 0 Å². The first-order valence-corrected chi connectivity index (χ1v) is 8.29. The summed E-state index contributed by atoms with van der Waals surface area (Å²) in [5.74, 6) is 2.39. The van der Waals surface area contributed by atoms with Crippen LogP contribution in [0.2, 0.25) is 0 Å². The Morgan fingerprint density at radius 3 is 2.26 bits per heavy atom. The number of amides is 1. The topological polar surface area (TPSA) is 64.8 Å². The van der Waals surface area contributed by atoms with Gasteiger partial charge in [0, 0.05) is 19.2 Å². The van der Waals surface area contributed by atoms with Gasteiger partial charge in [0.05, 0.1) is 20.3 Å². The summed E-state index contributed by atoms with van der Waals surface area (Å²) in [6.07, 6.45) is 4.23. The number of hydrogen-bond acceptors (Lipinski definition) is 4. The minimum atomic E-state index is -0.393. The van der Waals surface area contributed by atoms with Gasteiger partial charge in [-0.2, -0.15) is 0 Å². The number of hydrogen-bond donors (Lipinski definition) is 1. The predicted molar refractivity (Wildman–Crippen MR) is 90.8 cm³/mol. The summed E-state index contributed by atoms with van der Waals surface area (Å²) >= 11 is 0. The number of piperidine rings is 1. The highest BCUT2D eigenvalue weighted by Gasteiger charge is 2.24. The third-order valence-corrected chi connectivity index (χ3v) is 4.57. The van der Waals surface area contributed by atoms with E-state index in [-0.39, 0.29) is 5.91 Å². The van der Waals surface area contributed by atoms with Gasteiger partial charge in [-0.25, -0.2) is 0 Å². The SMILES string of the molecule is COc1cc(CCC2CCN(C(=O)[C@@H](C)N)CC2)cc(OC)c1. The molecule has 1 fully saturated rings. The van der Waals surface area contributed by atoms with E-state index < -0.39 is 6.04 Å². The molecule has 1 aliphatic heterocycles. The number of nitrogens with zero attached hydrogens (tertiary/aromatic N) is 1. The molecule has 2 N–H and O–H groups in total. The van der Waals surface area contributed by atoms with Crippen LogP contribution < -0.4 is 15.2 Å². The molecule has 1 heterocycles. The Labute approximate surface area is 138 Å². The number of ether oxygens (including phenoxy) is 2. The molecule has 1 aliphatic rings. The van der Waals surface area contributed by atoms with Gasteiger partial charge in [-0.3, -0.25) is 4.79 Å². The summed E-state index contributed by atoms with van der Waals surface area (Å²) in [4.78, 5) is 13.8. The second-order valence-electron chi connectivity index (χ2n) is 6.32. The highest BCUT2D eigenvalue weighted by atomic mass is 16.5. The Hall–Kier alpha value is -1.75. The number of aryl methyl sites for hydroxylation is 1. The van der Waals surface area contributed by atoms with E-state index in [0.717, 1.165) is 50.3 Å². The maximum atomic E-state index is 11.9. The average molecular weight is 320 g/mol. The molecule has 1 atom stereocenters. The standard InChI is InChI=1S/C18H28N2O3/c1-13(19)18(21)20-8-6-14(7-9-20)4-5-15-10-16(22-2)12-17(11-15)23-3/h10-14H,4-9,19H2,1-3H3/t13-/m1/s1. The van der Waals surface area contributed by atoms with Crippen LogP contribution >= 0.6 is 0 Å². The third-order valence-electron chi connectivity index (χ3n) is 4.57. The van der Waals surface area contributed by atoms with Crippen molar-refractivity contribution in [3.63, 3.8) is 0 Å². The monoisotopic (exact) mass is 320 g/mol. The zero-order chi connectivity index (χ0) is 16.8. The number of carbonyl (C=O) groups excluding carboxylic acids is 1. The molecule has 0 unspecified atom stereocenters. The minimum Gasteiger partial charge on any atom is -0.497 e. The summed E-state index contributed by atoms with van der Waals surface area (Å²) in [6.45, 7) is 3.41. The van der Waals surface area contributed by atoms with Gasteiger partial charge in [-0.05, 0) is 56.2 Å². The predicted octanol–water partition coefficient (Wildman–Crippen LogP) is 2.22. The van der Waals surface area contributed by atoms with E-state index in [1.807, 2.05) is 11.0 Å². The van der Waals surface area contributed by atoms with Crippen molar-refractivity contribution in [2.45, 2.75) is 38.6 Å². The molecule has 5 nitrogen and oxygen atoms in total. The van der Waals surface area contributed by atoms with E-state index in [4.69, 9.17) is 15.2 Å². The maximum absolute atomic E-state index is 11.9. The lowest BCUT2D eigenvalue weighted by Gasteiger charge is -2.33. The van der Waals surface area contributed by atoms with E-state index in [2.05, 4.69) is 12.1 Å². The van der Waals surface area contributed by atoms with Crippen LogP contribution in [0.3, 0.4) is 0 Å². The molecule has 128 valence electrons. The molecule has 23 heavy (non-hydrogen) atoms. The zero-order valence-electron chi connectivity index (χ0n) is 14.4. The van der Waals surface area contributed by atoms with Gasteiger partial charge < -0.3 is 20.1 Å². The molecular weight excluding hydrogens is 292 g/mol. The number of likely N-dealkylation sites (tertiary alicyclic amines) is 1. The molecule has 5 heteroatoms. The van der Waals surface area contributed by atoms with Crippen LogP contribution in [-0.4, -0.2) is 44.2 Å². The lowest BCUT2D eigenvalue weighted by molar-refractivity contribution is -0.133. The van der Waals surface area contributed by atoms with Gasteiger partial charge in [0.15, 0.2) is 0 Å². The van der Waals surface area contributed by atoms with Gasteiger partial charge in [-0.1, -0.05) is 0 Å². The summed E-state index contributed by atoms with van der Waals surface area (Å²) in [5.41, 5.74) is 6.91. The molecule has 0 saturated carbocycles. The largest absolute Gasteiger partial charge is 0.497 e. The van der Waals surface area contributed by atoms with Gasteiger partial charge in [0.2, 0.25) is 5.91 Å². The van der Waals surface area contributed by atoms with E-state index in [9.17, 15) is 4.79 Å². The lowest BCUT2D eigenvalue weighted by atomic mass is 9.90. The van der Waals surface area contributed by atoms with Crippen molar-refractivity contribution < 1.29 is 14.3 Å².